The maximum atomic E-state index is 11.1. The Morgan fingerprint density at radius 1 is 1.21 bits per heavy atom. The van der Waals surface area contributed by atoms with E-state index in [4.69, 9.17) is 14.5 Å². The Kier molecular flexibility index (Phi) is 5.46. The van der Waals surface area contributed by atoms with Crippen molar-refractivity contribution in [1.29, 1.82) is 5.39 Å². The quantitative estimate of drug-likeness (QED) is 0.472. The van der Waals surface area contributed by atoms with Gasteiger partial charge in [0, 0.05) is 4.47 Å². The first-order chi connectivity index (χ1) is 8.00. The van der Waals surface area contributed by atoms with Gasteiger partial charge < -0.3 is 12.4 Å². The fourth-order valence-electron chi connectivity index (χ4n) is 1.32. The van der Waals surface area contributed by atoms with Gasteiger partial charge in [0.15, 0.2) is 9.87 Å². The molecule has 1 aromatic rings. The van der Waals surface area contributed by atoms with Gasteiger partial charge in [0.2, 0.25) is 5.39 Å². The van der Waals surface area contributed by atoms with Crippen LogP contribution in [-0.4, -0.2) is 25.9 Å². The molecule has 0 saturated heterocycles. The zero-order valence-electron chi connectivity index (χ0n) is 9.07. The molecule has 1 rings (SSSR count). The molecule has 0 heterocycles. The summed E-state index contributed by atoms with van der Waals surface area (Å²) in [4.78, 5) is 1.14. The first-order valence-corrected chi connectivity index (χ1v) is 7.80. The molecule has 0 aliphatic rings. The molecule has 0 atom stereocenters. The summed E-state index contributed by atoms with van der Waals surface area (Å²) in [5, 5.41) is 8.64. The minimum atomic E-state index is -4.72. The third kappa shape index (κ3) is 3.62. The Hall–Kier alpha value is -0.770. The predicted octanol–water partition coefficient (Wildman–Crippen LogP) is -1.26. The minimum Gasteiger partial charge on any atom is -1.00 e. The lowest BCUT2D eigenvalue weighted by molar-refractivity contribution is -0.0000122. The summed E-state index contributed by atoms with van der Waals surface area (Å²) >= 11 is 2.78. The molecule has 2 N–H and O–H groups in total. The number of halogens is 2. The summed E-state index contributed by atoms with van der Waals surface area (Å²) < 4.78 is 61.9. The first kappa shape index (κ1) is 18.2. The van der Waals surface area contributed by atoms with Gasteiger partial charge in [-0.2, -0.15) is 16.8 Å². The molecule has 0 amide bonds. The number of rotatable bonds is 2. The molecule has 0 spiro atoms. The van der Waals surface area contributed by atoms with Crippen LogP contribution in [0.25, 0.3) is 4.98 Å². The summed E-state index contributed by atoms with van der Waals surface area (Å²) in [6.07, 6.45) is 0. The monoisotopic (exact) mass is 392 g/mol. The van der Waals surface area contributed by atoms with Gasteiger partial charge in [0.1, 0.15) is 4.90 Å². The number of nitrogens with zero attached hydrogens (tertiary/aromatic N) is 2. The van der Waals surface area contributed by atoms with Crippen molar-refractivity contribution in [3.8, 4) is 0 Å². The number of diazo groups is 1. The molecule has 106 valence electrons. The van der Waals surface area contributed by atoms with Crippen molar-refractivity contribution in [2.45, 2.75) is 16.7 Å². The predicted molar refractivity (Wildman–Crippen MR) is 63.3 cm³/mol. The molecular formula is C7H6BrClN2O6S2. The topological polar surface area (TPSA) is 137 Å². The van der Waals surface area contributed by atoms with Crippen LogP contribution in [0.15, 0.2) is 20.3 Å². The van der Waals surface area contributed by atoms with Crippen LogP contribution in [0.4, 0.5) is 5.69 Å². The van der Waals surface area contributed by atoms with Crippen LogP contribution >= 0.6 is 15.9 Å². The number of hydrogen-bond donors (Lipinski definition) is 2. The Labute approximate surface area is 123 Å². The van der Waals surface area contributed by atoms with Crippen molar-refractivity contribution in [3.05, 3.63) is 21.1 Å². The maximum Gasteiger partial charge on any atom is 0.407 e. The lowest BCUT2D eigenvalue weighted by Crippen LogP contribution is -3.00. The van der Waals surface area contributed by atoms with E-state index in [0.29, 0.717) is 6.07 Å². The zero-order valence-corrected chi connectivity index (χ0v) is 13.0. The molecule has 0 unspecified atom stereocenters. The highest BCUT2D eigenvalue weighted by molar-refractivity contribution is 9.10. The highest BCUT2D eigenvalue weighted by Gasteiger charge is 2.33. The van der Waals surface area contributed by atoms with Crippen molar-refractivity contribution < 1.29 is 38.3 Å². The molecule has 0 aliphatic heterocycles. The summed E-state index contributed by atoms with van der Waals surface area (Å²) in [6, 6.07) is 0.607. The van der Waals surface area contributed by atoms with Crippen molar-refractivity contribution in [2.24, 2.45) is 0 Å². The Morgan fingerprint density at radius 3 is 2.00 bits per heavy atom. The molecule has 12 heteroatoms. The van der Waals surface area contributed by atoms with E-state index in [-0.39, 0.29) is 22.4 Å². The summed E-state index contributed by atoms with van der Waals surface area (Å²) in [7, 11) is -9.37. The van der Waals surface area contributed by atoms with Gasteiger partial charge in [-0.05, 0) is 28.4 Å². The van der Waals surface area contributed by atoms with Gasteiger partial charge in [0.05, 0.1) is 6.07 Å². The molecule has 0 aliphatic carbocycles. The standard InChI is InChI=1S/C7H5BrN2O6S2.ClH/c1-3-6(8)5(17(11,12)13)2-4(10-9)7(3)18(14,15)16;/h2H,1H3,(H-,11,12,13,14,15,16);1H. The molecule has 0 saturated carbocycles. The number of hydrogen-bond acceptors (Lipinski definition) is 5. The Balaban J connectivity index is 0.00000324. The highest BCUT2D eigenvalue weighted by Crippen LogP contribution is 2.37. The molecule has 1 aromatic carbocycles. The van der Waals surface area contributed by atoms with Crippen LogP contribution < -0.4 is 12.4 Å². The Bertz CT molecular complexity index is 768. The van der Waals surface area contributed by atoms with E-state index in [9.17, 15) is 16.8 Å². The second-order valence-corrected chi connectivity index (χ2v) is 6.75. The van der Waals surface area contributed by atoms with Crippen LogP contribution in [0.2, 0.25) is 0 Å². The largest absolute Gasteiger partial charge is 1.00 e. The van der Waals surface area contributed by atoms with E-state index in [1.54, 1.807) is 0 Å². The highest BCUT2D eigenvalue weighted by atomic mass is 79.9. The second kappa shape index (κ2) is 5.70. The SMILES string of the molecule is Cc1c(Br)c(S(=O)(=O)O)cc([N+]#N)c1S(=O)(=O)O.[Cl-]. The van der Waals surface area contributed by atoms with Gasteiger partial charge in [0.25, 0.3) is 10.1 Å². The number of benzene rings is 1. The molecule has 0 aromatic heterocycles. The normalized spacial score (nSPS) is 11.5. The van der Waals surface area contributed by atoms with Crippen molar-refractivity contribution in [1.82, 2.24) is 0 Å². The van der Waals surface area contributed by atoms with E-state index in [1.807, 2.05) is 0 Å². The Morgan fingerprint density at radius 2 is 1.68 bits per heavy atom. The van der Waals surface area contributed by atoms with Crippen LogP contribution in [0.5, 0.6) is 0 Å². The second-order valence-electron chi connectivity index (χ2n) is 3.21. The van der Waals surface area contributed by atoms with E-state index in [1.165, 1.54) is 0 Å². The van der Waals surface area contributed by atoms with Gasteiger partial charge in [-0.1, -0.05) is 0 Å². The summed E-state index contributed by atoms with van der Waals surface area (Å²) in [5.41, 5.74) is -0.925. The zero-order chi connectivity index (χ0) is 14.3. The molecule has 19 heavy (non-hydrogen) atoms. The van der Waals surface area contributed by atoms with Crippen molar-refractivity contribution >= 4 is 41.9 Å². The van der Waals surface area contributed by atoms with E-state index >= 15 is 0 Å². The molecule has 0 bridgehead atoms. The fourth-order valence-corrected chi connectivity index (χ4v) is 3.87. The average Bonchev–Trinajstić information content (AvgIpc) is 2.17. The molecule has 0 fully saturated rings. The molecule has 0 radical (unpaired) electrons. The van der Waals surface area contributed by atoms with Crippen LogP contribution in [-0.2, 0) is 20.2 Å². The van der Waals surface area contributed by atoms with E-state index in [2.05, 4.69) is 20.9 Å². The maximum absolute atomic E-state index is 11.1. The third-order valence-corrected chi connectivity index (χ3v) is 5.22. The van der Waals surface area contributed by atoms with Crippen molar-refractivity contribution in [2.75, 3.05) is 0 Å². The van der Waals surface area contributed by atoms with Gasteiger partial charge in [-0.15, -0.1) is 0 Å². The lowest BCUT2D eigenvalue weighted by atomic mass is 10.2. The van der Waals surface area contributed by atoms with Crippen molar-refractivity contribution in [3.63, 3.8) is 0 Å². The third-order valence-electron chi connectivity index (χ3n) is 2.03. The van der Waals surface area contributed by atoms with E-state index < -0.39 is 35.7 Å². The van der Waals surface area contributed by atoms with Gasteiger partial charge >= 0.3 is 15.8 Å². The molecule has 8 nitrogen and oxygen atoms in total. The van der Waals surface area contributed by atoms with Crippen LogP contribution in [0.1, 0.15) is 5.56 Å². The first-order valence-electron chi connectivity index (χ1n) is 4.13. The average molecular weight is 394 g/mol. The lowest BCUT2D eigenvalue weighted by Gasteiger charge is -2.06. The minimum absolute atomic E-state index is 0. The smallest absolute Gasteiger partial charge is 0.407 e. The summed E-state index contributed by atoms with van der Waals surface area (Å²) in [5.74, 6) is 0. The van der Waals surface area contributed by atoms with Gasteiger partial charge in [-0.25, -0.2) is 0 Å². The summed E-state index contributed by atoms with van der Waals surface area (Å²) in [6.45, 7) is 1.16. The molecular weight excluding hydrogens is 388 g/mol. The van der Waals surface area contributed by atoms with Crippen LogP contribution in [0.3, 0.4) is 0 Å². The fraction of sp³-hybridized carbons (Fsp3) is 0.143. The van der Waals surface area contributed by atoms with Gasteiger partial charge in [-0.3, -0.25) is 9.11 Å². The van der Waals surface area contributed by atoms with E-state index in [0.717, 1.165) is 6.92 Å². The van der Waals surface area contributed by atoms with Crippen LogP contribution in [0, 0.1) is 12.3 Å².